The zero-order valence-electron chi connectivity index (χ0n) is 12.3. The molecule has 0 amide bonds. The normalized spacial score (nSPS) is 16.0. The molecule has 0 radical (unpaired) electrons. The van der Waals surface area contributed by atoms with E-state index >= 15 is 0 Å². The van der Waals surface area contributed by atoms with Crippen molar-refractivity contribution < 1.29 is 23.2 Å². The van der Waals surface area contributed by atoms with Crippen molar-refractivity contribution in [2.75, 3.05) is 0 Å². The number of fused-ring (bicyclic) bond motifs is 3. The fraction of sp³-hybridized carbons (Fsp3) is 0. The van der Waals surface area contributed by atoms with Crippen LogP contribution < -0.4 is 4.52 Å². The van der Waals surface area contributed by atoms with Crippen molar-refractivity contribution in [2.45, 2.75) is 0 Å². The fourth-order valence-corrected chi connectivity index (χ4v) is 3.38. The van der Waals surface area contributed by atoms with Crippen LogP contribution in [0, 0.1) is 0 Å². The van der Waals surface area contributed by atoms with Gasteiger partial charge in [0, 0.05) is 5.39 Å². The average molecular weight is 338 g/mol. The highest BCUT2D eigenvalue weighted by atomic mass is 31.2. The lowest BCUT2D eigenvalue weighted by molar-refractivity contribution is 0.0610. The standard InChI is InChI=1S/C18H11O5P/c19-17(13-7-2-1-3-8-13)22-24-21-16-14-9-5-4-6-12(14)10-11-15(16)18(20)23-24/h1-11H. The van der Waals surface area contributed by atoms with Crippen molar-refractivity contribution in [3.8, 4) is 5.75 Å². The van der Waals surface area contributed by atoms with Crippen molar-refractivity contribution >= 4 is 31.3 Å². The summed E-state index contributed by atoms with van der Waals surface area (Å²) < 4.78 is 16.0. The van der Waals surface area contributed by atoms with Crippen molar-refractivity contribution in [2.24, 2.45) is 0 Å². The smallest absolute Gasteiger partial charge is 0.407 e. The number of hydrogen-bond donors (Lipinski definition) is 0. The molecule has 0 N–H and O–H groups in total. The second kappa shape index (κ2) is 5.95. The zero-order valence-corrected chi connectivity index (χ0v) is 13.2. The molecule has 0 saturated carbocycles. The number of carbonyl (C=O) groups excluding carboxylic acids is 2. The summed E-state index contributed by atoms with van der Waals surface area (Å²) in [5.74, 6) is -0.775. The van der Waals surface area contributed by atoms with Crippen LogP contribution in [0.1, 0.15) is 20.7 Å². The van der Waals surface area contributed by atoms with Gasteiger partial charge in [0.05, 0.1) is 5.56 Å². The van der Waals surface area contributed by atoms with Crippen molar-refractivity contribution in [3.05, 3.63) is 77.9 Å². The third kappa shape index (κ3) is 2.59. The van der Waals surface area contributed by atoms with Crippen LogP contribution in [0.25, 0.3) is 10.8 Å². The second-order valence-electron chi connectivity index (χ2n) is 5.10. The van der Waals surface area contributed by atoms with Gasteiger partial charge in [0.25, 0.3) is 0 Å². The van der Waals surface area contributed by atoms with Gasteiger partial charge in [-0.3, -0.25) is 0 Å². The van der Waals surface area contributed by atoms with Gasteiger partial charge in [-0.15, -0.1) is 0 Å². The molecule has 0 aromatic heterocycles. The first kappa shape index (κ1) is 14.7. The summed E-state index contributed by atoms with van der Waals surface area (Å²) in [5, 5.41) is 1.70. The molecule has 0 bridgehead atoms. The lowest BCUT2D eigenvalue weighted by atomic mass is 10.1. The van der Waals surface area contributed by atoms with E-state index in [0.717, 1.165) is 10.8 Å². The quantitative estimate of drug-likeness (QED) is 0.645. The van der Waals surface area contributed by atoms with Crippen LogP contribution in [0.5, 0.6) is 5.75 Å². The monoisotopic (exact) mass is 338 g/mol. The number of carbonyl (C=O) groups is 2. The minimum atomic E-state index is -2.13. The summed E-state index contributed by atoms with van der Waals surface area (Å²) in [7, 11) is -2.13. The first-order chi connectivity index (χ1) is 11.7. The Morgan fingerprint density at radius 3 is 2.46 bits per heavy atom. The first-order valence-corrected chi connectivity index (χ1v) is 8.31. The van der Waals surface area contributed by atoms with Crippen LogP contribution in [-0.2, 0) is 9.05 Å². The molecule has 4 rings (SSSR count). The molecule has 3 aromatic rings. The largest absolute Gasteiger partial charge is 0.535 e. The lowest BCUT2D eigenvalue weighted by Crippen LogP contribution is -2.15. The summed E-state index contributed by atoms with van der Waals surface area (Å²) in [6, 6.07) is 19.4. The third-order valence-corrected chi connectivity index (χ3v) is 4.55. The lowest BCUT2D eigenvalue weighted by Gasteiger charge is -2.23. The molecular formula is C18H11O5P. The van der Waals surface area contributed by atoms with E-state index in [2.05, 4.69) is 0 Å². The predicted molar refractivity (Wildman–Crippen MR) is 88.8 cm³/mol. The first-order valence-electron chi connectivity index (χ1n) is 7.22. The van der Waals surface area contributed by atoms with Crippen molar-refractivity contribution in [1.82, 2.24) is 0 Å². The van der Waals surface area contributed by atoms with Gasteiger partial charge < -0.3 is 13.6 Å². The maximum atomic E-state index is 12.2. The van der Waals surface area contributed by atoms with Crippen molar-refractivity contribution in [3.63, 3.8) is 0 Å². The highest BCUT2D eigenvalue weighted by molar-refractivity contribution is 7.43. The predicted octanol–water partition coefficient (Wildman–Crippen LogP) is 4.47. The SMILES string of the molecule is O=C(OP1OC(=O)c2ccc3ccccc3c2O1)c1ccccc1. The van der Waals surface area contributed by atoms with E-state index in [4.69, 9.17) is 13.6 Å². The van der Waals surface area contributed by atoms with E-state index in [1.54, 1.807) is 36.4 Å². The molecule has 0 spiro atoms. The van der Waals surface area contributed by atoms with Gasteiger partial charge in [0.2, 0.25) is 0 Å². The van der Waals surface area contributed by atoms with Gasteiger partial charge in [-0.2, -0.15) is 0 Å². The van der Waals surface area contributed by atoms with Gasteiger partial charge in [-0.1, -0.05) is 48.5 Å². The van der Waals surface area contributed by atoms with Gasteiger partial charge in [0.1, 0.15) is 5.56 Å². The Bertz CT molecular complexity index is 939. The van der Waals surface area contributed by atoms with Crippen LogP contribution in [-0.4, -0.2) is 11.9 Å². The molecule has 0 saturated heterocycles. The van der Waals surface area contributed by atoms with E-state index in [0.29, 0.717) is 16.9 Å². The summed E-state index contributed by atoms with van der Waals surface area (Å²) in [4.78, 5) is 24.3. The van der Waals surface area contributed by atoms with E-state index in [-0.39, 0.29) is 0 Å². The molecule has 1 aliphatic rings. The molecule has 6 heteroatoms. The zero-order chi connectivity index (χ0) is 16.5. The Hall–Kier alpha value is -2.91. The van der Waals surface area contributed by atoms with Crippen LogP contribution in [0.15, 0.2) is 66.7 Å². The van der Waals surface area contributed by atoms with Gasteiger partial charge in [0.15, 0.2) is 5.75 Å². The van der Waals surface area contributed by atoms with Crippen LogP contribution >= 0.6 is 8.60 Å². The molecule has 3 aromatic carbocycles. The van der Waals surface area contributed by atoms with Gasteiger partial charge >= 0.3 is 20.5 Å². The maximum absolute atomic E-state index is 12.2. The Balaban J connectivity index is 1.65. The Morgan fingerprint density at radius 2 is 1.62 bits per heavy atom. The highest BCUT2D eigenvalue weighted by Crippen LogP contribution is 2.49. The van der Waals surface area contributed by atoms with Crippen LogP contribution in [0.3, 0.4) is 0 Å². The summed E-state index contributed by atoms with van der Waals surface area (Å²) in [6.45, 7) is 0. The van der Waals surface area contributed by atoms with E-state index < -0.39 is 20.5 Å². The van der Waals surface area contributed by atoms with E-state index in [1.807, 2.05) is 30.3 Å². The van der Waals surface area contributed by atoms with E-state index in [1.165, 1.54) is 0 Å². The summed E-state index contributed by atoms with van der Waals surface area (Å²) >= 11 is 0. The molecular weight excluding hydrogens is 327 g/mol. The Kier molecular flexibility index (Phi) is 3.63. The van der Waals surface area contributed by atoms with Crippen molar-refractivity contribution in [1.29, 1.82) is 0 Å². The minimum Gasteiger partial charge on any atom is -0.407 e. The maximum Gasteiger partial charge on any atom is 0.535 e. The molecule has 1 heterocycles. The second-order valence-corrected chi connectivity index (χ2v) is 6.10. The molecule has 0 aliphatic carbocycles. The summed E-state index contributed by atoms with van der Waals surface area (Å²) in [5.41, 5.74) is 0.687. The third-order valence-electron chi connectivity index (χ3n) is 3.59. The highest BCUT2D eigenvalue weighted by Gasteiger charge is 2.35. The molecule has 0 fully saturated rings. The molecule has 1 aliphatic heterocycles. The van der Waals surface area contributed by atoms with Crippen LogP contribution in [0.2, 0.25) is 0 Å². The topological polar surface area (TPSA) is 61.8 Å². The average Bonchev–Trinajstić information content (AvgIpc) is 2.62. The van der Waals surface area contributed by atoms with Gasteiger partial charge in [-0.25, -0.2) is 9.59 Å². The number of rotatable bonds is 2. The van der Waals surface area contributed by atoms with Crippen LogP contribution in [0.4, 0.5) is 0 Å². The summed E-state index contributed by atoms with van der Waals surface area (Å²) in [6.07, 6.45) is 0. The number of hydrogen-bond acceptors (Lipinski definition) is 5. The molecule has 118 valence electrons. The molecule has 24 heavy (non-hydrogen) atoms. The molecule has 5 nitrogen and oxygen atoms in total. The Morgan fingerprint density at radius 1 is 0.875 bits per heavy atom. The molecule has 1 unspecified atom stereocenters. The molecule has 1 atom stereocenters. The minimum absolute atomic E-state index is 0.322. The Labute approximate surface area is 138 Å². The van der Waals surface area contributed by atoms with Gasteiger partial charge in [-0.05, 0) is 23.6 Å². The number of benzene rings is 3. The fourth-order valence-electron chi connectivity index (χ4n) is 2.44. The van der Waals surface area contributed by atoms with E-state index in [9.17, 15) is 9.59 Å².